The van der Waals surface area contributed by atoms with E-state index in [9.17, 15) is 19.7 Å². The largest absolute Gasteiger partial charge is 0.365 e. The summed E-state index contributed by atoms with van der Waals surface area (Å²) in [5.41, 5.74) is 7.11. The number of thiophene rings is 1. The van der Waals surface area contributed by atoms with Gasteiger partial charge in [0.1, 0.15) is 5.00 Å². The molecule has 0 radical (unpaired) electrons. The van der Waals surface area contributed by atoms with Crippen LogP contribution in [0.15, 0.2) is 18.2 Å². The minimum atomic E-state index is -0.569. The van der Waals surface area contributed by atoms with E-state index in [0.29, 0.717) is 10.6 Å². The molecular weight excluding hydrogens is 330 g/mol. The number of nitrogens with two attached hydrogens (primary N) is 1. The summed E-state index contributed by atoms with van der Waals surface area (Å²) in [6.07, 6.45) is 2.61. The maximum atomic E-state index is 12.5. The molecule has 1 aliphatic carbocycles. The number of fused-ring (bicyclic) bond motifs is 1. The standard InChI is InChI=1S/C16H15N3O4S/c1-8-9(4-2-6-11(8)19(22)23)15(21)18-16-13(14(17)20)10-5-3-7-12(10)24-16/h2,4,6H,3,5,7H2,1H3,(H2,17,20)(H,18,21). The van der Waals surface area contributed by atoms with Crippen LogP contribution < -0.4 is 11.1 Å². The van der Waals surface area contributed by atoms with Crippen LogP contribution in [0, 0.1) is 17.0 Å². The van der Waals surface area contributed by atoms with E-state index in [0.717, 1.165) is 29.7 Å². The Balaban J connectivity index is 1.96. The molecule has 0 bridgehead atoms. The number of nitro benzene ring substituents is 1. The van der Waals surface area contributed by atoms with Gasteiger partial charge in [-0.3, -0.25) is 19.7 Å². The molecule has 2 aromatic rings. The van der Waals surface area contributed by atoms with E-state index in [1.54, 1.807) is 0 Å². The van der Waals surface area contributed by atoms with E-state index in [1.807, 2.05) is 0 Å². The van der Waals surface area contributed by atoms with Gasteiger partial charge < -0.3 is 11.1 Å². The molecule has 0 fully saturated rings. The first kappa shape index (κ1) is 16.1. The number of aryl methyl sites for hydroxylation is 1. The van der Waals surface area contributed by atoms with Crippen molar-refractivity contribution in [2.45, 2.75) is 26.2 Å². The number of benzene rings is 1. The highest BCUT2D eigenvalue weighted by Crippen LogP contribution is 2.39. The molecule has 0 atom stereocenters. The highest BCUT2D eigenvalue weighted by atomic mass is 32.1. The van der Waals surface area contributed by atoms with Gasteiger partial charge in [-0.1, -0.05) is 6.07 Å². The van der Waals surface area contributed by atoms with Crippen LogP contribution in [-0.4, -0.2) is 16.7 Å². The fraction of sp³-hybridized carbons (Fsp3) is 0.250. The van der Waals surface area contributed by atoms with E-state index >= 15 is 0 Å². The molecule has 2 amide bonds. The number of primary amides is 1. The zero-order chi connectivity index (χ0) is 17.4. The van der Waals surface area contributed by atoms with E-state index in [-0.39, 0.29) is 16.8 Å². The first-order chi connectivity index (χ1) is 11.4. The summed E-state index contributed by atoms with van der Waals surface area (Å²) in [7, 11) is 0. The number of carbonyl (C=O) groups is 2. The monoisotopic (exact) mass is 345 g/mol. The Morgan fingerprint density at radius 1 is 1.33 bits per heavy atom. The average Bonchev–Trinajstić information content (AvgIpc) is 3.06. The zero-order valence-electron chi connectivity index (χ0n) is 12.9. The van der Waals surface area contributed by atoms with E-state index < -0.39 is 16.7 Å². The number of carbonyl (C=O) groups excluding carboxylic acids is 2. The van der Waals surface area contributed by atoms with Crippen molar-refractivity contribution in [2.24, 2.45) is 5.73 Å². The summed E-state index contributed by atoms with van der Waals surface area (Å²) in [5.74, 6) is -1.06. The number of anilines is 1. The first-order valence-electron chi connectivity index (χ1n) is 7.40. The number of nitro groups is 1. The van der Waals surface area contributed by atoms with Crippen LogP contribution in [0.25, 0.3) is 0 Å². The highest BCUT2D eigenvalue weighted by molar-refractivity contribution is 7.17. The van der Waals surface area contributed by atoms with Gasteiger partial charge in [0.2, 0.25) is 0 Å². The van der Waals surface area contributed by atoms with Crippen molar-refractivity contribution in [3.05, 3.63) is 55.4 Å². The van der Waals surface area contributed by atoms with Crippen molar-refractivity contribution >= 4 is 33.8 Å². The van der Waals surface area contributed by atoms with Crippen LogP contribution in [0.2, 0.25) is 0 Å². The van der Waals surface area contributed by atoms with Gasteiger partial charge in [0.25, 0.3) is 17.5 Å². The number of amides is 2. The van der Waals surface area contributed by atoms with Crippen LogP contribution in [0.4, 0.5) is 10.7 Å². The molecule has 1 aliphatic rings. The molecule has 0 unspecified atom stereocenters. The third-order valence-electron chi connectivity index (χ3n) is 4.14. The second-order valence-corrected chi connectivity index (χ2v) is 6.69. The minimum Gasteiger partial charge on any atom is -0.365 e. The number of hydrogen-bond acceptors (Lipinski definition) is 5. The number of nitrogens with zero attached hydrogens (tertiary/aromatic N) is 1. The summed E-state index contributed by atoms with van der Waals surface area (Å²) in [4.78, 5) is 35.8. The van der Waals surface area contributed by atoms with Crippen molar-refractivity contribution in [3.63, 3.8) is 0 Å². The molecule has 7 nitrogen and oxygen atoms in total. The van der Waals surface area contributed by atoms with Crippen molar-refractivity contribution in [3.8, 4) is 0 Å². The SMILES string of the molecule is Cc1c(C(=O)Nc2sc3c(c2C(N)=O)CCC3)cccc1[N+](=O)[O-]. The van der Waals surface area contributed by atoms with Gasteiger partial charge in [0.05, 0.1) is 10.5 Å². The summed E-state index contributed by atoms with van der Waals surface area (Å²) in [6.45, 7) is 1.52. The van der Waals surface area contributed by atoms with Gasteiger partial charge in [-0.05, 0) is 37.8 Å². The summed E-state index contributed by atoms with van der Waals surface area (Å²) in [6, 6.07) is 4.33. The predicted molar refractivity (Wildman–Crippen MR) is 90.6 cm³/mol. The van der Waals surface area contributed by atoms with Crippen molar-refractivity contribution in [1.82, 2.24) is 0 Å². The highest BCUT2D eigenvalue weighted by Gasteiger charge is 2.27. The lowest BCUT2D eigenvalue weighted by atomic mass is 10.1. The van der Waals surface area contributed by atoms with Gasteiger partial charge in [-0.25, -0.2) is 0 Å². The molecule has 0 saturated heterocycles. The molecular formula is C16H15N3O4S. The van der Waals surface area contributed by atoms with Gasteiger partial charge >= 0.3 is 0 Å². The number of nitrogens with one attached hydrogen (secondary N) is 1. The first-order valence-corrected chi connectivity index (χ1v) is 8.21. The topological polar surface area (TPSA) is 115 Å². The summed E-state index contributed by atoms with van der Waals surface area (Å²) < 4.78 is 0. The lowest BCUT2D eigenvalue weighted by Gasteiger charge is -2.08. The molecule has 24 heavy (non-hydrogen) atoms. The Morgan fingerprint density at radius 3 is 2.75 bits per heavy atom. The fourth-order valence-corrected chi connectivity index (χ4v) is 4.28. The van der Waals surface area contributed by atoms with Crippen LogP contribution in [0.3, 0.4) is 0 Å². The Morgan fingerprint density at radius 2 is 2.08 bits per heavy atom. The maximum absolute atomic E-state index is 12.5. The van der Waals surface area contributed by atoms with Crippen LogP contribution in [-0.2, 0) is 12.8 Å². The van der Waals surface area contributed by atoms with E-state index in [1.165, 1.54) is 36.5 Å². The van der Waals surface area contributed by atoms with Crippen molar-refractivity contribution in [1.29, 1.82) is 0 Å². The minimum absolute atomic E-state index is 0.119. The Bertz CT molecular complexity index is 872. The second-order valence-electron chi connectivity index (χ2n) is 5.59. The third-order valence-corrected chi connectivity index (χ3v) is 5.35. The molecule has 8 heteroatoms. The van der Waals surface area contributed by atoms with Crippen molar-refractivity contribution in [2.75, 3.05) is 5.32 Å². The molecule has 124 valence electrons. The maximum Gasteiger partial charge on any atom is 0.273 e. The third kappa shape index (κ3) is 2.65. The van der Waals surface area contributed by atoms with Crippen LogP contribution >= 0.6 is 11.3 Å². The molecule has 1 aromatic carbocycles. The summed E-state index contributed by atoms with van der Waals surface area (Å²) in [5, 5.41) is 14.1. The fourth-order valence-electron chi connectivity index (χ4n) is 2.99. The van der Waals surface area contributed by atoms with Gasteiger partial charge in [0.15, 0.2) is 0 Å². The van der Waals surface area contributed by atoms with Crippen molar-refractivity contribution < 1.29 is 14.5 Å². The summed E-state index contributed by atoms with van der Waals surface area (Å²) >= 11 is 1.35. The predicted octanol–water partition coefficient (Wildman–Crippen LogP) is 2.80. The van der Waals surface area contributed by atoms with Crippen LogP contribution in [0.1, 0.15) is 43.1 Å². The van der Waals surface area contributed by atoms with Gasteiger partial charge in [-0.2, -0.15) is 0 Å². The average molecular weight is 345 g/mol. The Labute approximate surface area is 141 Å². The number of hydrogen-bond donors (Lipinski definition) is 2. The van der Waals surface area contributed by atoms with E-state index in [4.69, 9.17) is 5.73 Å². The molecule has 3 N–H and O–H groups in total. The molecule has 3 rings (SSSR count). The lowest BCUT2D eigenvalue weighted by Crippen LogP contribution is -2.18. The lowest BCUT2D eigenvalue weighted by molar-refractivity contribution is -0.385. The molecule has 1 heterocycles. The molecule has 1 aromatic heterocycles. The zero-order valence-corrected chi connectivity index (χ0v) is 13.7. The Kier molecular flexibility index (Phi) is 4.06. The van der Waals surface area contributed by atoms with E-state index in [2.05, 4.69) is 5.32 Å². The molecule has 0 saturated carbocycles. The van der Waals surface area contributed by atoms with Crippen LogP contribution in [0.5, 0.6) is 0 Å². The second kappa shape index (κ2) is 6.04. The molecule has 0 aliphatic heterocycles. The molecule has 0 spiro atoms. The van der Waals surface area contributed by atoms with Gasteiger partial charge in [0, 0.05) is 22.1 Å². The normalized spacial score (nSPS) is 12.7. The van der Waals surface area contributed by atoms with Gasteiger partial charge in [-0.15, -0.1) is 11.3 Å². The number of rotatable bonds is 4. The Hall–Kier alpha value is -2.74. The smallest absolute Gasteiger partial charge is 0.273 e. The quantitative estimate of drug-likeness (QED) is 0.654.